The van der Waals surface area contributed by atoms with Gasteiger partial charge < -0.3 is 5.73 Å². The summed E-state index contributed by atoms with van der Waals surface area (Å²) in [6.07, 6.45) is 0.985. The van der Waals surface area contributed by atoms with Gasteiger partial charge in [0.2, 0.25) is 0 Å². The summed E-state index contributed by atoms with van der Waals surface area (Å²) in [7, 11) is 0. The molecule has 0 heterocycles. The molecule has 4 heteroatoms. The fraction of sp³-hybridized carbons (Fsp3) is 0.294. The molecule has 0 aromatic heterocycles. The predicted molar refractivity (Wildman–Crippen MR) is 93.4 cm³/mol. The minimum atomic E-state index is 0.706. The Morgan fingerprint density at radius 1 is 1.05 bits per heavy atom. The molecule has 0 radical (unpaired) electrons. The second-order valence-electron chi connectivity index (χ2n) is 5.07. The minimum Gasteiger partial charge on any atom is -0.330 e. The minimum absolute atomic E-state index is 0.706. The van der Waals surface area contributed by atoms with Gasteiger partial charge in [0.15, 0.2) is 0 Å². The number of hydrogen-bond donors (Lipinski definition) is 1. The molecule has 2 N–H and O–H groups in total. The molecule has 0 amide bonds. The first kappa shape index (κ1) is 16.5. The van der Waals surface area contributed by atoms with E-state index < -0.39 is 0 Å². The molecule has 21 heavy (non-hydrogen) atoms. The van der Waals surface area contributed by atoms with E-state index in [1.54, 1.807) is 0 Å². The van der Waals surface area contributed by atoms with Crippen LogP contribution in [0.15, 0.2) is 53.0 Å². The van der Waals surface area contributed by atoms with Crippen molar-refractivity contribution >= 4 is 27.5 Å². The van der Waals surface area contributed by atoms with Gasteiger partial charge in [-0.05, 0) is 42.3 Å². The Hall–Kier alpha value is -0.870. The summed E-state index contributed by atoms with van der Waals surface area (Å²) in [5, 5.41) is 0.809. The van der Waals surface area contributed by atoms with Gasteiger partial charge in [0, 0.05) is 29.1 Å². The number of benzene rings is 2. The number of nitrogens with zero attached hydrogens (tertiary/aromatic N) is 1. The SMILES string of the molecule is NCCCN(Cc1ccccc1)Cc1cc(Br)ccc1Cl. The number of rotatable bonds is 7. The van der Waals surface area contributed by atoms with E-state index >= 15 is 0 Å². The average Bonchev–Trinajstić information content (AvgIpc) is 2.49. The maximum Gasteiger partial charge on any atom is 0.0451 e. The van der Waals surface area contributed by atoms with Crippen LogP contribution in [0.25, 0.3) is 0 Å². The second-order valence-corrected chi connectivity index (χ2v) is 6.40. The van der Waals surface area contributed by atoms with Crippen molar-refractivity contribution in [2.75, 3.05) is 13.1 Å². The molecular formula is C17H20BrClN2. The van der Waals surface area contributed by atoms with E-state index in [4.69, 9.17) is 17.3 Å². The highest BCUT2D eigenvalue weighted by atomic mass is 79.9. The molecular weight excluding hydrogens is 348 g/mol. The lowest BCUT2D eigenvalue weighted by atomic mass is 10.1. The molecule has 2 nitrogen and oxygen atoms in total. The van der Waals surface area contributed by atoms with Gasteiger partial charge in [-0.2, -0.15) is 0 Å². The van der Waals surface area contributed by atoms with E-state index in [9.17, 15) is 0 Å². The fourth-order valence-corrected chi connectivity index (χ4v) is 2.86. The molecule has 2 aromatic rings. The molecule has 2 aromatic carbocycles. The molecule has 2 rings (SSSR count). The van der Waals surface area contributed by atoms with E-state index in [1.807, 2.05) is 18.2 Å². The van der Waals surface area contributed by atoms with Gasteiger partial charge in [0.05, 0.1) is 0 Å². The molecule has 0 atom stereocenters. The van der Waals surface area contributed by atoms with Crippen LogP contribution >= 0.6 is 27.5 Å². The molecule has 0 saturated carbocycles. The lowest BCUT2D eigenvalue weighted by Crippen LogP contribution is -2.25. The van der Waals surface area contributed by atoms with E-state index in [0.717, 1.165) is 41.1 Å². The number of nitrogens with two attached hydrogens (primary N) is 1. The lowest BCUT2D eigenvalue weighted by Gasteiger charge is -2.23. The topological polar surface area (TPSA) is 29.3 Å². The summed E-state index contributed by atoms with van der Waals surface area (Å²) in [6.45, 7) is 3.41. The molecule has 0 aliphatic rings. The Kier molecular flexibility index (Phi) is 6.71. The first-order valence-corrected chi connectivity index (χ1v) is 8.26. The van der Waals surface area contributed by atoms with E-state index in [1.165, 1.54) is 5.56 Å². The van der Waals surface area contributed by atoms with Gasteiger partial charge in [-0.15, -0.1) is 0 Å². The fourth-order valence-electron chi connectivity index (χ4n) is 2.28. The zero-order valence-electron chi connectivity index (χ0n) is 11.9. The molecule has 0 unspecified atom stereocenters. The summed E-state index contributed by atoms with van der Waals surface area (Å²) in [6, 6.07) is 16.5. The monoisotopic (exact) mass is 366 g/mol. The average molecular weight is 368 g/mol. The highest BCUT2D eigenvalue weighted by Gasteiger charge is 2.09. The Labute approximate surface area is 140 Å². The van der Waals surface area contributed by atoms with Crippen LogP contribution in [0.5, 0.6) is 0 Å². The summed E-state index contributed by atoms with van der Waals surface area (Å²) >= 11 is 9.81. The number of hydrogen-bond acceptors (Lipinski definition) is 2. The van der Waals surface area contributed by atoms with Crippen LogP contribution in [0, 0.1) is 0 Å². The highest BCUT2D eigenvalue weighted by molar-refractivity contribution is 9.10. The third kappa shape index (κ3) is 5.44. The molecule has 0 fully saturated rings. The summed E-state index contributed by atoms with van der Waals surface area (Å²) in [5.41, 5.74) is 8.10. The van der Waals surface area contributed by atoms with Crippen molar-refractivity contribution in [3.63, 3.8) is 0 Å². The van der Waals surface area contributed by atoms with Crippen LogP contribution in [-0.4, -0.2) is 18.0 Å². The highest BCUT2D eigenvalue weighted by Crippen LogP contribution is 2.23. The third-order valence-corrected chi connectivity index (χ3v) is 4.19. The molecule has 0 bridgehead atoms. The van der Waals surface area contributed by atoms with Gasteiger partial charge in [-0.3, -0.25) is 4.90 Å². The van der Waals surface area contributed by atoms with E-state index in [0.29, 0.717) is 6.54 Å². The van der Waals surface area contributed by atoms with Crippen LogP contribution in [0.2, 0.25) is 5.02 Å². The molecule has 0 aliphatic carbocycles. The number of halogens is 2. The molecule has 0 aliphatic heterocycles. The van der Waals surface area contributed by atoms with E-state index in [2.05, 4.69) is 51.2 Å². The quantitative estimate of drug-likeness (QED) is 0.783. The Morgan fingerprint density at radius 2 is 1.81 bits per heavy atom. The van der Waals surface area contributed by atoms with Gasteiger partial charge in [-0.25, -0.2) is 0 Å². The van der Waals surface area contributed by atoms with Crippen molar-refractivity contribution in [3.05, 3.63) is 69.2 Å². The maximum absolute atomic E-state index is 6.31. The maximum atomic E-state index is 6.31. The molecule has 0 saturated heterocycles. The van der Waals surface area contributed by atoms with Gasteiger partial charge in [-0.1, -0.05) is 57.9 Å². The van der Waals surface area contributed by atoms with E-state index in [-0.39, 0.29) is 0 Å². The Balaban J connectivity index is 2.10. The first-order chi connectivity index (χ1) is 10.2. The van der Waals surface area contributed by atoms with Crippen molar-refractivity contribution in [2.45, 2.75) is 19.5 Å². The summed E-state index contributed by atoms with van der Waals surface area (Å²) in [5.74, 6) is 0. The van der Waals surface area contributed by atoms with Crippen LogP contribution in [0.4, 0.5) is 0 Å². The van der Waals surface area contributed by atoms with Crippen LogP contribution in [0.3, 0.4) is 0 Å². The van der Waals surface area contributed by atoms with Gasteiger partial charge in [0.25, 0.3) is 0 Å². The first-order valence-electron chi connectivity index (χ1n) is 7.09. The standard InChI is InChI=1S/C17H20BrClN2/c18-16-7-8-17(19)15(11-16)13-21(10-4-9-20)12-14-5-2-1-3-6-14/h1-3,5-8,11H,4,9-10,12-13,20H2. The van der Waals surface area contributed by atoms with Crippen molar-refractivity contribution in [2.24, 2.45) is 5.73 Å². The lowest BCUT2D eigenvalue weighted by molar-refractivity contribution is 0.255. The van der Waals surface area contributed by atoms with Crippen molar-refractivity contribution in [1.29, 1.82) is 0 Å². The molecule has 112 valence electrons. The van der Waals surface area contributed by atoms with Crippen molar-refractivity contribution in [1.82, 2.24) is 4.90 Å². The third-order valence-electron chi connectivity index (χ3n) is 3.33. The second kappa shape index (κ2) is 8.54. The Morgan fingerprint density at radius 3 is 2.52 bits per heavy atom. The predicted octanol–water partition coefficient (Wildman–Crippen LogP) is 4.45. The van der Waals surface area contributed by atoms with Crippen molar-refractivity contribution < 1.29 is 0 Å². The van der Waals surface area contributed by atoms with Gasteiger partial charge in [0.1, 0.15) is 0 Å². The van der Waals surface area contributed by atoms with Crippen LogP contribution in [-0.2, 0) is 13.1 Å². The van der Waals surface area contributed by atoms with Crippen molar-refractivity contribution in [3.8, 4) is 0 Å². The Bertz CT molecular complexity index is 560. The summed E-state index contributed by atoms with van der Waals surface area (Å²) in [4.78, 5) is 2.38. The zero-order valence-corrected chi connectivity index (χ0v) is 14.3. The largest absolute Gasteiger partial charge is 0.330 e. The molecule has 0 spiro atoms. The summed E-state index contributed by atoms with van der Waals surface area (Å²) < 4.78 is 1.06. The van der Waals surface area contributed by atoms with Gasteiger partial charge >= 0.3 is 0 Å². The van der Waals surface area contributed by atoms with Crippen LogP contribution in [0.1, 0.15) is 17.5 Å². The van der Waals surface area contributed by atoms with Crippen LogP contribution < -0.4 is 5.73 Å². The smallest absolute Gasteiger partial charge is 0.0451 e. The zero-order chi connectivity index (χ0) is 15.1. The normalized spacial score (nSPS) is 11.0.